The smallest absolute Gasteiger partial charge is 0.264 e. The Morgan fingerprint density at radius 1 is 1.10 bits per heavy atom. The molecule has 3 aromatic carbocycles. The third kappa shape index (κ3) is 4.60. The molecule has 3 aromatic rings. The molecular weight excluding hydrogens is 532 g/mol. The number of aliphatic hydroxyl groups is 1. The first-order valence-electron chi connectivity index (χ1n) is 14.0. The fourth-order valence-electron chi connectivity index (χ4n) is 7.02. The lowest BCUT2D eigenvalue weighted by Crippen LogP contribution is -2.51. The highest BCUT2D eigenvalue weighted by Crippen LogP contribution is 2.60. The van der Waals surface area contributed by atoms with E-state index in [0.29, 0.717) is 18.7 Å². The van der Waals surface area contributed by atoms with Crippen LogP contribution in [0.1, 0.15) is 18.9 Å². The van der Waals surface area contributed by atoms with Crippen LogP contribution in [-0.2, 0) is 19.9 Å². The maximum atomic E-state index is 14.5. The number of hydrogen-bond acceptors (Lipinski definition) is 5. The topological polar surface area (TPSA) is 79.3 Å². The van der Waals surface area contributed by atoms with Crippen molar-refractivity contribution in [2.45, 2.75) is 43.7 Å². The van der Waals surface area contributed by atoms with E-state index in [1.54, 1.807) is 23.0 Å². The van der Waals surface area contributed by atoms with Gasteiger partial charge in [-0.05, 0) is 54.4 Å². The standard InChI is InChI=1S/C33H38N2O5Si/c1-6-19-34-29-17-12-25(35(22-37)24-10-8-7-9-11-24)21-28(29)33(32(34)38)23(2)31(30(40-33)18-20-36)41(4,5)27-15-13-26(39-3)14-16-27/h6-17,21-23,30-31,36H,1,18-20H2,2-5H3/t23-,30+,31-,33+/m0/s1. The molecule has 0 saturated carbocycles. The molecule has 5 rings (SSSR count). The van der Waals surface area contributed by atoms with Crippen LogP contribution in [0, 0.1) is 5.92 Å². The summed E-state index contributed by atoms with van der Waals surface area (Å²) in [6.07, 6.45) is 2.61. The normalized spacial score (nSPS) is 23.5. The molecule has 0 radical (unpaired) electrons. The van der Waals surface area contributed by atoms with Gasteiger partial charge in [-0.3, -0.25) is 14.5 Å². The zero-order valence-corrected chi connectivity index (χ0v) is 25.1. The number of fused-ring (bicyclic) bond motifs is 2. The Labute approximate surface area is 243 Å². The minimum atomic E-state index is -2.27. The monoisotopic (exact) mass is 570 g/mol. The van der Waals surface area contributed by atoms with E-state index in [-0.39, 0.29) is 30.1 Å². The third-order valence-electron chi connectivity index (χ3n) is 8.96. The zero-order valence-electron chi connectivity index (χ0n) is 24.1. The molecule has 1 N–H and O–H groups in total. The largest absolute Gasteiger partial charge is 0.497 e. The van der Waals surface area contributed by atoms with Crippen molar-refractivity contribution < 1.29 is 24.2 Å². The maximum absolute atomic E-state index is 14.5. The summed E-state index contributed by atoms with van der Waals surface area (Å²) >= 11 is 0. The van der Waals surface area contributed by atoms with E-state index in [9.17, 15) is 14.7 Å². The van der Waals surface area contributed by atoms with Gasteiger partial charge in [0.1, 0.15) is 5.75 Å². The Kier molecular flexibility index (Phi) is 7.92. The number of ether oxygens (including phenoxy) is 2. The van der Waals surface area contributed by atoms with E-state index >= 15 is 0 Å². The predicted octanol–water partition coefficient (Wildman–Crippen LogP) is 5.12. The van der Waals surface area contributed by atoms with Gasteiger partial charge in [-0.15, -0.1) is 6.58 Å². The number of nitrogens with zero attached hydrogens (tertiary/aromatic N) is 2. The molecule has 0 aromatic heterocycles. The number of rotatable bonds is 10. The summed E-state index contributed by atoms with van der Waals surface area (Å²) in [5.74, 6) is 0.475. The molecular formula is C33H38N2O5Si. The summed E-state index contributed by atoms with van der Waals surface area (Å²) in [5.41, 5.74) is 1.68. The summed E-state index contributed by atoms with van der Waals surface area (Å²) in [7, 11) is -0.620. The van der Waals surface area contributed by atoms with Crippen molar-refractivity contribution in [2.75, 3.05) is 30.1 Å². The van der Waals surface area contributed by atoms with E-state index < -0.39 is 13.7 Å². The molecule has 1 saturated heterocycles. The number of aliphatic hydroxyl groups excluding tert-OH is 1. The van der Waals surface area contributed by atoms with Gasteiger partial charge in [0.2, 0.25) is 6.41 Å². The van der Waals surface area contributed by atoms with Crippen molar-refractivity contribution in [1.82, 2.24) is 0 Å². The summed E-state index contributed by atoms with van der Waals surface area (Å²) in [4.78, 5) is 30.1. The van der Waals surface area contributed by atoms with Gasteiger partial charge in [0.15, 0.2) is 5.60 Å². The van der Waals surface area contributed by atoms with Crippen LogP contribution in [0.2, 0.25) is 18.6 Å². The summed E-state index contributed by atoms with van der Waals surface area (Å²) in [5, 5.41) is 11.3. The fraction of sp³-hybridized carbons (Fsp3) is 0.333. The highest BCUT2D eigenvalue weighted by atomic mass is 28.3. The van der Waals surface area contributed by atoms with Gasteiger partial charge in [0.25, 0.3) is 5.91 Å². The number of benzene rings is 3. The van der Waals surface area contributed by atoms with Crippen LogP contribution < -0.4 is 19.7 Å². The van der Waals surface area contributed by atoms with Crippen LogP contribution in [0.5, 0.6) is 5.75 Å². The van der Waals surface area contributed by atoms with Crippen molar-refractivity contribution in [3.8, 4) is 5.75 Å². The van der Waals surface area contributed by atoms with Gasteiger partial charge in [0.05, 0.1) is 27.0 Å². The van der Waals surface area contributed by atoms with E-state index in [0.717, 1.165) is 29.1 Å². The molecule has 7 nitrogen and oxygen atoms in total. The highest BCUT2D eigenvalue weighted by molar-refractivity contribution is 6.91. The van der Waals surface area contributed by atoms with E-state index in [1.165, 1.54) is 5.19 Å². The van der Waals surface area contributed by atoms with Gasteiger partial charge >= 0.3 is 0 Å². The van der Waals surface area contributed by atoms with E-state index in [1.807, 2.05) is 60.7 Å². The number of carbonyl (C=O) groups is 2. The lowest BCUT2D eigenvalue weighted by Gasteiger charge is -2.37. The third-order valence-corrected chi connectivity index (χ3v) is 13.3. The minimum absolute atomic E-state index is 0.0310. The SMILES string of the molecule is C=CCN1C(=O)[C@]2(O[C@H](CCO)[C@@H]([Si](C)(C)c3ccc(OC)cc3)[C@@H]2C)c2cc(N(C=O)c3ccccc3)ccc21. The van der Waals surface area contributed by atoms with Gasteiger partial charge in [-0.25, -0.2) is 0 Å². The van der Waals surface area contributed by atoms with Crippen molar-refractivity contribution in [3.63, 3.8) is 0 Å². The first-order valence-corrected chi connectivity index (χ1v) is 17.1. The van der Waals surface area contributed by atoms with Crippen LogP contribution in [0.15, 0.2) is 85.5 Å². The second-order valence-corrected chi connectivity index (χ2v) is 16.1. The molecule has 4 atom stereocenters. The van der Waals surface area contributed by atoms with Crippen molar-refractivity contribution >= 4 is 42.6 Å². The number of hydrogen-bond donors (Lipinski definition) is 1. The molecule has 2 aliphatic heterocycles. The number of para-hydroxylation sites is 1. The van der Waals surface area contributed by atoms with Crippen LogP contribution in [0.3, 0.4) is 0 Å². The first kappa shape index (κ1) is 28.8. The molecule has 1 fully saturated rings. The molecule has 1 spiro atoms. The van der Waals surface area contributed by atoms with Crippen LogP contribution >= 0.6 is 0 Å². The van der Waals surface area contributed by atoms with Gasteiger partial charge in [0, 0.05) is 36.0 Å². The first-order chi connectivity index (χ1) is 19.7. The van der Waals surface area contributed by atoms with Gasteiger partial charge in [-0.2, -0.15) is 0 Å². The van der Waals surface area contributed by atoms with Crippen LogP contribution in [-0.4, -0.2) is 51.9 Å². The van der Waals surface area contributed by atoms with E-state index in [4.69, 9.17) is 9.47 Å². The molecule has 0 aliphatic carbocycles. The molecule has 8 heteroatoms. The number of methoxy groups -OCH3 is 1. The lowest BCUT2D eigenvalue weighted by atomic mass is 9.82. The average molecular weight is 571 g/mol. The molecule has 2 aliphatic rings. The quantitative estimate of drug-likeness (QED) is 0.208. The Morgan fingerprint density at radius 3 is 2.41 bits per heavy atom. The molecule has 214 valence electrons. The number of anilines is 3. The number of carbonyl (C=O) groups excluding carboxylic acids is 2. The molecule has 2 heterocycles. The average Bonchev–Trinajstić information content (AvgIpc) is 3.41. The van der Waals surface area contributed by atoms with E-state index in [2.05, 4.69) is 38.7 Å². The Bertz CT molecular complexity index is 1430. The van der Waals surface area contributed by atoms with Crippen LogP contribution in [0.4, 0.5) is 17.1 Å². The van der Waals surface area contributed by atoms with Gasteiger partial charge in [-0.1, -0.05) is 61.6 Å². The van der Waals surface area contributed by atoms with Gasteiger partial charge < -0.3 is 19.5 Å². The highest BCUT2D eigenvalue weighted by Gasteiger charge is 2.66. The maximum Gasteiger partial charge on any atom is 0.264 e. The molecule has 0 unspecified atom stereocenters. The summed E-state index contributed by atoms with van der Waals surface area (Å²) in [6.45, 7) is 10.9. The van der Waals surface area contributed by atoms with Crippen LogP contribution in [0.25, 0.3) is 0 Å². The van der Waals surface area contributed by atoms with Crippen molar-refractivity contribution in [3.05, 3.63) is 91.0 Å². The second kappa shape index (κ2) is 11.3. The zero-order chi connectivity index (χ0) is 29.4. The summed E-state index contributed by atoms with van der Waals surface area (Å²) < 4.78 is 12.3. The number of amides is 2. The minimum Gasteiger partial charge on any atom is -0.497 e. The fourth-order valence-corrected chi connectivity index (χ4v) is 11.1. The Morgan fingerprint density at radius 2 is 1.80 bits per heavy atom. The molecule has 2 amide bonds. The summed E-state index contributed by atoms with van der Waals surface area (Å²) in [6, 6.07) is 23.3. The predicted molar refractivity (Wildman–Crippen MR) is 165 cm³/mol. The molecule has 41 heavy (non-hydrogen) atoms. The Hall–Kier alpha value is -3.72. The van der Waals surface area contributed by atoms with Crippen molar-refractivity contribution in [2.24, 2.45) is 5.92 Å². The Balaban J connectivity index is 1.65. The second-order valence-electron chi connectivity index (χ2n) is 11.4. The molecule has 0 bridgehead atoms. The van der Waals surface area contributed by atoms with Crippen molar-refractivity contribution in [1.29, 1.82) is 0 Å². The lowest BCUT2D eigenvalue weighted by molar-refractivity contribution is -0.146.